The normalized spacial score (nSPS) is 11.9. The maximum Gasteiger partial charge on any atom is 0.240 e. The van der Waals surface area contributed by atoms with Crippen LogP contribution in [0.25, 0.3) is 10.8 Å². The van der Waals surface area contributed by atoms with Gasteiger partial charge < -0.3 is 11.1 Å². The Morgan fingerprint density at radius 3 is 2.33 bits per heavy atom. The molecule has 0 saturated heterocycles. The summed E-state index contributed by atoms with van der Waals surface area (Å²) >= 11 is 0. The number of nitrogens with two attached hydrogens (primary N) is 1. The number of hydrogen-bond acceptors (Lipinski definition) is 2. The smallest absolute Gasteiger partial charge is 0.240 e. The van der Waals surface area contributed by atoms with Gasteiger partial charge in [-0.25, -0.2) is 0 Å². The van der Waals surface area contributed by atoms with Gasteiger partial charge in [0.2, 0.25) is 11.8 Å². The van der Waals surface area contributed by atoms with Crippen molar-refractivity contribution in [3.05, 3.63) is 90.3 Å². The highest BCUT2D eigenvalue weighted by atomic mass is 16.2. The van der Waals surface area contributed by atoms with Crippen LogP contribution in [0.15, 0.2) is 72.8 Å². The van der Waals surface area contributed by atoms with Crippen LogP contribution in [-0.2, 0) is 22.4 Å². The molecule has 4 nitrogen and oxygen atoms in total. The van der Waals surface area contributed by atoms with Crippen LogP contribution in [0.3, 0.4) is 0 Å². The van der Waals surface area contributed by atoms with Gasteiger partial charge in [-0.15, -0.1) is 0 Å². The number of primary amides is 1. The summed E-state index contributed by atoms with van der Waals surface area (Å²) in [7, 11) is 0. The first-order valence-corrected chi connectivity index (χ1v) is 9.06. The average Bonchev–Trinajstić information content (AvgIpc) is 2.68. The molecule has 0 saturated carbocycles. The first-order chi connectivity index (χ1) is 13.1. The maximum atomic E-state index is 12.2. The predicted molar refractivity (Wildman–Crippen MR) is 108 cm³/mol. The molecule has 0 aliphatic heterocycles. The van der Waals surface area contributed by atoms with E-state index in [-0.39, 0.29) is 5.91 Å². The average molecular weight is 359 g/mol. The highest BCUT2D eigenvalue weighted by Crippen LogP contribution is 2.16. The molecule has 0 bridgehead atoms. The third kappa shape index (κ3) is 5.42. The van der Waals surface area contributed by atoms with E-state index in [1.165, 1.54) is 5.56 Å². The summed E-state index contributed by atoms with van der Waals surface area (Å²) in [4.78, 5) is 24.0. The van der Waals surface area contributed by atoms with E-state index in [0.29, 0.717) is 12.8 Å². The molecule has 3 N–H and O–H groups in total. The standard InChI is InChI=1S/C23H23N2O2/c24-23(27)21(16-18-13-14-19-10-4-5-11-20(19)15-18)25-22(26)12-6-9-17-7-2-1-3-8-17/h1-5,7-8,10-15,21H,6,9,16H2,(H2,24,27)(H,25,26)/t21-/m0/s1. The first kappa shape index (κ1) is 18.6. The number of nitrogens with one attached hydrogen (secondary N) is 1. The van der Waals surface area contributed by atoms with E-state index in [1.807, 2.05) is 72.8 Å². The van der Waals surface area contributed by atoms with Crippen molar-refractivity contribution >= 4 is 22.6 Å². The second-order valence-corrected chi connectivity index (χ2v) is 6.58. The van der Waals surface area contributed by atoms with Crippen molar-refractivity contribution in [3.8, 4) is 0 Å². The van der Waals surface area contributed by atoms with Crippen LogP contribution in [-0.4, -0.2) is 17.9 Å². The van der Waals surface area contributed by atoms with Gasteiger partial charge >= 0.3 is 0 Å². The van der Waals surface area contributed by atoms with Crippen molar-refractivity contribution in [2.75, 3.05) is 0 Å². The van der Waals surface area contributed by atoms with Crippen LogP contribution >= 0.6 is 0 Å². The second kappa shape index (κ2) is 8.99. The van der Waals surface area contributed by atoms with Gasteiger partial charge in [0, 0.05) is 12.8 Å². The Kier molecular flexibility index (Phi) is 6.21. The molecule has 3 aromatic carbocycles. The Morgan fingerprint density at radius 2 is 1.59 bits per heavy atom. The minimum absolute atomic E-state index is 0.268. The molecule has 0 fully saturated rings. The maximum absolute atomic E-state index is 12.2. The molecule has 0 aliphatic rings. The molecule has 27 heavy (non-hydrogen) atoms. The van der Waals surface area contributed by atoms with Crippen molar-refractivity contribution in [3.63, 3.8) is 0 Å². The molecule has 0 heterocycles. The lowest BCUT2D eigenvalue weighted by molar-refractivity contribution is -0.125. The number of carbonyl (C=O) groups is 2. The first-order valence-electron chi connectivity index (χ1n) is 9.06. The largest absolute Gasteiger partial charge is 0.368 e. The molecule has 3 aromatic rings. The van der Waals surface area contributed by atoms with Crippen molar-refractivity contribution < 1.29 is 9.59 Å². The van der Waals surface area contributed by atoms with E-state index < -0.39 is 11.9 Å². The van der Waals surface area contributed by atoms with Gasteiger partial charge in [0.15, 0.2) is 0 Å². The Hall–Kier alpha value is -3.14. The Labute approximate surface area is 159 Å². The fourth-order valence-electron chi connectivity index (χ4n) is 3.07. The number of benzene rings is 3. The lowest BCUT2D eigenvalue weighted by Gasteiger charge is -2.16. The highest BCUT2D eigenvalue weighted by Gasteiger charge is 2.18. The predicted octanol–water partition coefficient (Wildman–Crippen LogP) is 3.19. The van der Waals surface area contributed by atoms with Crippen LogP contribution < -0.4 is 11.1 Å². The molecule has 4 heteroatoms. The van der Waals surface area contributed by atoms with E-state index in [9.17, 15) is 9.59 Å². The molecule has 0 aliphatic carbocycles. The van der Waals surface area contributed by atoms with Gasteiger partial charge in [0.05, 0.1) is 0 Å². The van der Waals surface area contributed by atoms with Crippen LogP contribution in [0.4, 0.5) is 0 Å². The van der Waals surface area contributed by atoms with E-state index in [4.69, 9.17) is 5.73 Å². The minimum Gasteiger partial charge on any atom is -0.368 e. The van der Waals surface area contributed by atoms with Crippen molar-refractivity contribution in [1.29, 1.82) is 0 Å². The van der Waals surface area contributed by atoms with Gasteiger partial charge in [0.1, 0.15) is 6.04 Å². The van der Waals surface area contributed by atoms with Gasteiger partial charge in [-0.05, 0) is 34.7 Å². The van der Waals surface area contributed by atoms with Crippen LogP contribution in [0.5, 0.6) is 0 Å². The molecule has 1 radical (unpaired) electrons. The zero-order chi connectivity index (χ0) is 19.1. The molecule has 0 spiro atoms. The number of amides is 2. The Morgan fingerprint density at radius 1 is 0.889 bits per heavy atom. The van der Waals surface area contributed by atoms with Gasteiger partial charge in [-0.1, -0.05) is 72.8 Å². The molecule has 0 aromatic heterocycles. The monoisotopic (exact) mass is 359 g/mol. The van der Waals surface area contributed by atoms with Crippen molar-refractivity contribution in [2.24, 2.45) is 5.73 Å². The van der Waals surface area contributed by atoms with E-state index in [0.717, 1.165) is 22.8 Å². The zero-order valence-electron chi connectivity index (χ0n) is 15.1. The number of rotatable bonds is 8. The lowest BCUT2D eigenvalue weighted by atomic mass is 10.0. The summed E-state index contributed by atoms with van der Waals surface area (Å²) in [6.07, 6.45) is 3.33. The van der Waals surface area contributed by atoms with Gasteiger partial charge in [-0.2, -0.15) is 0 Å². The Bertz CT molecular complexity index is 922. The van der Waals surface area contributed by atoms with E-state index >= 15 is 0 Å². The van der Waals surface area contributed by atoms with Crippen LogP contribution in [0.1, 0.15) is 17.5 Å². The topological polar surface area (TPSA) is 72.2 Å². The SMILES string of the molecule is NC(=O)[C@H](Cc1ccc2ccccc2c1)NC(=O)[CH]CCc1ccccc1. The fraction of sp³-hybridized carbons (Fsp3) is 0.174. The van der Waals surface area contributed by atoms with Crippen molar-refractivity contribution in [2.45, 2.75) is 25.3 Å². The lowest BCUT2D eigenvalue weighted by Crippen LogP contribution is -2.46. The summed E-state index contributed by atoms with van der Waals surface area (Å²) in [6, 6.07) is 23.2. The van der Waals surface area contributed by atoms with E-state index in [2.05, 4.69) is 5.32 Å². The summed E-state index contributed by atoms with van der Waals surface area (Å²) < 4.78 is 0. The quantitative estimate of drug-likeness (QED) is 0.648. The molecule has 137 valence electrons. The number of aryl methyl sites for hydroxylation is 1. The summed E-state index contributed by atoms with van der Waals surface area (Å²) in [5.41, 5.74) is 7.63. The third-order valence-electron chi connectivity index (χ3n) is 4.52. The fourth-order valence-corrected chi connectivity index (χ4v) is 3.07. The molecule has 3 rings (SSSR count). The second-order valence-electron chi connectivity index (χ2n) is 6.58. The molecule has 0 unspecified atom stereocenters. The van der Waals surface area contributed by atoms with Crippen molar-refractivity contribution in [1.82, 2.24) is 5.32 Å². The third-order valence-corrected chi connectivity index (χ3v) is 4.52. The Balaban J connectivity index is 1.56. The summed E-state index contributed by atoms with van der Waals surface area (Å²) in [5.74, 6) is -0.802. The molecule has 2 amide bonds. The number of carbonyl (C=O) groups excluding carboxylic acids is 2. The van der Waals surface area contributed by atoms with Gasteiger partial charge in [0.25, 0.3) is 0 Å². The number of hydrogen-bond donors (Lipinski definition) is 2. The summed E-state index contributed by atoms with van der Waals surface area (Å²) in [6.45, 7) is 0. The summed E-state index contributed by atoms with van der Waals surface area (Å²) in [5, 5.41) is 4.96. The minimum atomic E-state index is -0.730. The van der Waals surface area contributed by atoms with Crippen LogP contribution in [0, 0.1) is 6.42 Å². The zero-order valence-corrected chi connectivity index (χ0v) is 15.1. The van der Waals surface area contributed by atoms with Gasteiger partial charge in [-0.3, -0.25) is 9.59 Å². The molecular weight excluding hydrogens is 336 g/mol. The highest BCUT2D eigenvalue weighted by molar-refractivity contribution is 5.91. The molecular formula is C23H23N2O2. The van der Waals surface area contributed by atoms with Crippen LogP contribution in [0.2, 0.25) is 0 Å². The molecule has 1 atom stereocenters. The van der Waals surface area contributed by atoms with E-state index in [1.54, 1.807) is 6.42 Å². The number of fused-ring (bicyclic) bond motifs is 1.